The van der Waals surface area contributed by atoms with Gasteiger partial charge in [0.05, 0.1) is 5.52 Å². The number of para-hydroxylation sites is 1. The molecule has 2 aromatic rings. The van der Waals surface area contributed by atoms with Gasteiger partial charge in [0.1, 0.15) is 0 Å². The first-order chi connectivity index (χ1) is 8.60. The summed E-state index contributed by atoms with van der Waals surface area (Å²) >= 11 is 0. The Balaban J connectivity index is 2.87. The molecule has 18 heavy (non-hydrogen) atoms. The molecule has 0 atom stereocenters. The Morgan fingerprint density at radius 1 is 1.28 bits per heavy atom. The number of anilines is 1. The molecule has 1 aromatic heterocycles. The standard InChI is InChI=1S/C16H22N2/c1-6-14-11(4)15(17-5)13-9-7-8-12(10(2)3)16(13)18-14/h7-10H,6H2,1-5H3,(H,17,18). The van der Waals surface area contributed by atoms with Gasteiger partial charge in [0.25, 0.3) is 0 Å². The van der Waals surface area contributed by atoms with Crippen molar-refractivity contribution in [1.82, 2.24) is 4.98 Å². The molecule has 0 aliphatic rings. The molecule has 0 aliphatic heterocycles. The number of aromatic nitrogens is 1. The monoisotopic (exact) mass is 242 g/mol. The number of pyridine rings is 1. The van der Waals surface area contributed by atoms with Gasteiger partial charge in [-0.2, -0.15) is 0 Å². The van der Waals surface area contributed by atoms with Crippen LogP contribution in [0.3, 0.4) is 0 Å². The van der Waals surface area contributed by atoms with Crippen LogP contribution < -0.4 is 5.32 Å². The van der Waals surface area contributed by atoms with Crippen LogP contribution in [0.15, 0.2) is 18.2 Å². The Kier molecular flexibility index (Phi) is 3.55. The van der Waals surface area contributed by atoms with Crippen molar-refractivity contribution in [3.63, 3.8) is 0 Å². The highest BCUT2D eigenvalue weighted by Crippen LogP contribution is 2.32. The number of nitrogens with zero attached hydrogens (tertiary/aromatic N) is 1. The second-order valence-electron chi connectivity index (χ2n) is 5.06. The van der Waals surface area contributed by atoms with Crippen LogP contribution in [-0.2, 0) is 6.42 Å². The zero-order valence-corrected chi connectivity index (χ0v) is 12.0. The normalized spacial score (nSPS) is 11.2. The molecule has 2 rings (SSSR count). The predicted octanol–water partition coefficient (Wildman–Crippen LogP) is 4.27. The summed E-state index contributed by atoms with van der Waals surface area (Å²) in [6.45, 7) is 8.76. The van der Waals surface area contributed by atoms with Gasteiger partial charge in [0.15, 0.2) is 0 Å². The van der Waals surface area contributed by atoms with E-state index in [1.165, 1.54) is 27.9 Å². The topological polar surface area (TPSA) is 24.9 Å². The fourth-order valence-corrected chi connectivity index (χ4v) is 2.59. The maximum Gasteiger partial charge on any atom is 0.0760 e. The third-order valence-corrected chi connectivity index (χ3v) is 3.60. The van der Waals surface area contributed by atoms with Crippen molar-refractivity contribution < 1.29 is 0 Å². The molecule has 2 nitrogen and oxygen atoms in total. The van der Waals surface area contributed by atoms with Crippen LogP contribution in [0, 0.1) is 6.92 Å². The largest absolute Gasteiger partial charge is 0.387 e. The number of benzene rings is 1. The van der Waals surface area contributed by atoms with E-state index in [2.05, 4.69) is 51.2 Å². The molecule has 1 aromatic carbocycles. The maximum atomic E-state index is 4.88. The Bertz CT molecular complexity index is 571. The highest BCUT2D eigenvalue weighted by Gasteiger charge is 2.13. The van der Waals surface area contributed by atoms with Crippen molar-refractivity contribution in [1.29, 1.82) is 0 Å². The molecule has 0 aliphatic carbocycles. The van der Waals surface area contributed by atoms with Crippen LogP contribution in [0.1, 0.15) is 43.5 Å². The van der Waals surface area contributed by atoms with Crippen LogP contribution in [0.2, 0.25) is 0 Å². The Labute approximate surface area is 109 Å². The van der Waals surface area contributed by atoms with Crippen LogP contribution in [0.25, 0.3) is 10.9 Å². The van der Waals surface area contributed by atoms with E-state index in [9.17, 15) is 0 Å². The van der Waals surface area contributed by atoms with E-state index in [0.29, 0.717) is 5.92 Å². The third-order valence-electron chi connectivity index (χ3n) is 3.60. The van der Waals surface area contributed by atoms with Crippen molar-refractivity contribution >= 4 is 16.6 Å². The summed E-state index contributed by atoms with van der Waals surface area (Å²) in [7, 11) is 1.99. The highest BCUT2D eigenvalue weighted by atomic mass is 14.8. The lowest BCUT2D eigenvalue weighted by molar-refractivity contribution is 0.870. The first-order valence-corrected chi connectivity index (χ1v) is 6.70. The summed E-state index contributed by atoms with van der Waals surface area (Å²) in [5.41, 5.74) is 6.17. The average molecular weight is 242 g/mol. The number of nitrogens with one attached hydrogen (secondary N) is 1. The quantitative estimate of drug-likeness (QED) is 0.869. The zero-order valence-electron chi connectivity index (χ0n) is 12.0. The summed E-state index contributed by atoms with van der Waals surface area (Å²) in [5, 5.41) is 4.57. The Hall–Kier alpha value is -1.57. The van der Waals surface area contributed by atoms with Gasteiger partial charge in [-0.1, -0.05) is 39.0 Å². The van der Waals surface area contributed by atoms with Crippen molar-refractivity contribution in [3.05, 3.63) is 35.0 Å². The minimum Gasteiger partial charge on any atom is -0.387 e. The van der Waals surface area contributed by atoms with Crippen LogP contribution in [0.5, 0.6) is 0 Å². The first-order valence-electron chi connectivity index (χ1n) is 6.70. The van der Waals surface area contributed by atoms with E-state index in [1.807, 2.05) is 7.05 Å². The fraction of sp³-hybridized carbons (Fsp3) is 0.438. The average Bonchev–Trinajstić information content (AvgIpc) is 2.37. The van der Waals surface area contributed by atoms with Gasteiger partial charge in [0.2, 0.25) is 0 Å². The molecule has 1 heterocycles. The minimum absolute atomic E-state index is 0.498. The number of rotatable bonds is 3. The van der Waals surface area contributed by atoms with Gasteiger partial charge >= 0.3 is 0 Å². The van der Waals surface area contributed by atoms with Gasteiger partial charge in [0, 0.05) is 23.8 Å². The summed E-state index contributed by atoms with van der Waals surface area (Å²) in [6.07, 6.45) is 0.975. The van der Waals surface area contributed by atoms with Gasteiger partial charge in [-0.3, -0.25) is 4.98 Å². The molecule has 1 N–H and O–H groups in total. The molecule has 0 saturated carbocycles. The fourth-order valence-electron chi connectivity index (χ4n) is 2.59. The Morgan fingerprint density at radius 3 is 2.56 bits per heavy atom. The smallest absolute Gasteiger partial charge is 0.0760 e. The van der Waals surface area contributed by atoms with Gasteiger partial charge < -0.3 is 5.32 Å². The van der Waals surface area contributed by atoms with Gasteiger partial charge in [-0.15, -0.1) is 0 Å². The summed E-state index contributed by atoms with van der Waals surface area (Å²) < 4.78 is 0. The first kappa shape index (κ1) is 12.9. The van der Waals surface area contributed by atoms with E-state index in [1.54, 1.807) is 0 Å². The zero-order chi connectivity index (χ0) is 13.3. The molecule has 0 radical (unpaired) electrons. The highest BCUT2D eigenvalue weighted by molar-refractivity contribution is 5.95. The molecule has 0 unspecified atom stereocenters. The third kappa shape index (κ3) is 1.96. The Morgan fingerprint density at radius 2 is 2.00 bits per heavy atom. The van der Waals surface area contributed by atoms with E-state index in [-0.39, 0.29) is 0 Å². The predicted molar refractivity (Wildman–Crippen MR) is 79.5 cm³/mol. The second-order valence-corrected chi connectivity index (χ2v) is 5.06. The van der Waals surface area contributed by atoms with Crippen molar-refractivity contribution in [2.24, 2.45) is 0 Å². The summed E-state index contributed by atoms with van der Waals surface area (Å²) in [4.78, 5) is 4.88. The van der Waals surface area contributed by atoms with E-state index >= 15 is 0 Å². The number of fused-ring (bicyclic) bond motifs is 1. The molecule has 96 valence electrons. The number of hydrogen-bond acceptors (Lipinski definition) is 2. The number of aryl methyl sites for hydroxylation is 1. The van der Waals surface area contributed by atoms with Gasteiger partial charge in [-0.05, 0) is 30.4 Å². The summed E-state index contributed by atoms with van der Waals surface area (Å²) in [6, 6.07) is 6.48. The van der Waals surface area contributed by atoms with Crippen molar-refractivity contribution in [3.8, 4) is 0 Å². The molecular weight excluding hydrogens is 220 g/mol. The molecular formula is C16H22N2. The van der Waals surface area contributed by atoms with Gasteiger partial charge in [-0.25, -0.2) is 0 Å². The van der Waals surface area contributed by atoms with E-state index in [0.717, 1.165) is 11.9 Å². The van der Waals surface area contributed by atoms with E-state index < -0.39 is 0 Å². The lowest BCUT2D eigenvalue weighted by Gasteiger charge is -2.16. The lowest BCUT2D eigenvalue weighted by Crippen LogP contribution is -2.03. The van der Waals surface area contributed by atoms with E-state index in [4.69, 9.17) is 4.98 Å². The SMILES string of the molecule is CCc1nc2c(C(C)C)cccc2c(NC)c1C. The van der Waals surface area contributed by atoms with Crippen molar-refractivity contribution in [2.75, 3.05) is 12.4 Å². The second kappa shape index (κ2) is 4.97. The van der Waals surface area contributed by atoms with Crippen molar-refractivity contribution in [2.45, 2.75) is 40.0 Å². The van der Waals surface area contributed by atoms with Crippen LogP contribution >= 0.6 is 0 Å². The molecule has 0 amide bonds. The molecule has 0 spiro atoms. The van der Waals surface area contributed by atoms with Crippen LogP contribution in [-0.4, -0.2) is 12.0 Å². The molecule has 0 fully saturated rings. The molecule has 0 saturated heterocycles. The lowest BCUT2D eigenvalue weighted by atomic mass is 9.97. The summed E-state index contributed by atoms with van der Waals surface area (Å²) in [5.74, 6) is 0.498. The molecule has 0 bridgehead atoms. The minimum atomic E-state index is 0.498. The maximum absolute atomic E-state index is 4.88. The molecule has 2 heteroatoms. The van der Waals surface area contributed by atoms with Crippen LogP contribution in [0.4, 0.5) is 5.69 Å². The number of hydrogen-bond donors (Lipinski definition) is 1.